The van der Waals surface area contributed by atoms with Gasteiger partial charge in [0, 0.05) is 17.4 Å². The van der Waals surface area contributed by atoms with E-state index >= 15 is 0 Å². The van der Waals surface area contributed by atoms with Crippen LogP contribution in [0.3, 0.4) is 0 Å². The van der Waals surface area contributed by atoms with Crippen LogP contribution in [0.5, 0.6) is 0 Å². The molecule has 3 amide bonds. The molecule has 3 fully saturated rings. The number of amides is 3. The summed E-state index contributed by atoms with van der Waals surface area (Å²) in [4.78, 5) is 41.8. The van der Waals surface area contributed by atoms with E-state index in [0.717, 1.165) is 12.8 Å². The molecule has 0 aromatic carbocycles. The maximum atomic E-state index is 13.8. The molecule has 3 N–H and O–H groups in total. The molecule has 3 aliphatic rings. The Kier molecular flexibility index (Phi) is 7.38. The van der Waals surface area contributed by atoms with Gasteiger partial charge >= 0.3 is 0 Å². The molecule has 176 valence electrons. The fourth-order valence-electron chi connectivity index (χ4n) is 5.57. The van der Waals surface area contributed by atoms with Crippen molar-refractivity contribution < 1.29 is 24.2 Å². The quantitative estimate of drug-likeness (QED) is 0.411. The number of aliphatic hydroxyl groups excluding tert-OH is 1. The zero-order valence-corrected chi connectivity index (χ0v) is 20.6. The number of halogens is 1. The van der Waals surface area contributed by atoms with Crippen molar-refractivity contribution in [2.75, 3.05) is 13.2 Å². The number of carbonyl (C=O) groups is 3. The lowest BCUT2D eigenvalue weighted by Gasteiger charge is -2.39. The van der Waals surface area contributed by atoms with Crippen LogP contribution in [0.25, 0.3) is 0 Å². The summed E-state index contributed by atoms with van der Waals surface area (Å²) in [6, 6.07) is -1.51. The van der Waals surface area contributed by atoms with E-state index < -0.39 is 35.6 Å². The number of alkyl halides is 1. The molecule has 0 aliphatic carbocycles. The maximum Gasteiger partial charge on any atom is 0.246 e. The first-order valence-corrected chi connectivity index (χ1v) is 12.4. The van der Waals surface area contributed by atoms with E-state index in [2.05, 4.69) is 26.6 Å². The predicted octanol–water partition coefficient (Wildman–Crippen LogP) is 1.19. The lowest BCUT2D eigenvalue weighted by Crippen LogP contribution is -2.60. The fourth-order valence-corrected chi connectivity index (χ4v) is 6.51. The first-order chi connectivity index (χ1) is 14.6. The van der Waals surface area contributed by atoms with Gasteiger partial charge in [-0.05, 0) is 32.6 Å². The van der Waals surface area contributed by atoms with Crippen molar-refractivity contribution in [2.45, 2.75) is 88.5 Å². The summed E-state index contributed by atoms with van der Waals surface area (Å²) in [5.41, 5.74) is -1.08. The summed E-state index contributed by atoms with van der Waals surface area (Å²) in [7, 11) is 0. The summed E-state index contributed by atoms with van der Waals surface area (Å²) < 4.78 is 6.42. The Bertz CT molecular complexity index is 719. The van der Waals surface area contributed by atoms with Crippen LogP contribution in [0.1, 0.15) is 53.9 Å². The number of hydrogen-bond acceptors (Lipinski definition) is 5. The van der Waals surface area contributed by atoms with Gasteiger partial charge < -0.3 is 25.4 Å². The van der Waals surface area contributed by atoms with Crippen LogP contribution >= 0.6 is 15.9 Å². The van der Waals surface area contributed by atoms with Gasteiger partial charge in [0.25, 0.3) is 0 Å². The lowest BCUT2D eigenvalue weighted by atomic mass is 9.70. The normalized spacial score (nSPS) is 35.9. The number of fused-ring (bicyclic) bond motifs is 1. The standard InChI is InChI=1S/C22H36BrN3O5/c1-6-8-24-19(28)15-16-21(30)26(14(10-27)12(5)7-2)18(20(29)25-11(3)4)22(16)9-13(23)17(15)31-22/h11-18,27H,6-10H2,1-5H3,(H,24,28)(H,25,29)/t12-,13?,14-,15-,16-,17-,18?,22?/m0/s1. The maximum absolute atomic E-state index is 13.8. The molecule has 2 bridgehead atoms. The zero-order chi connectivity index (χ0) is 23.1. The Hall–Kier alpha value is -1.19. The summed E-state index contributed by atoms with van der Waals surface area (Å²) in [5, 5.41) is 16.1. The van der Waals surface area contributed by atoms with E-state index in [4.69, 9.17) is 4.74 Å². The molecule has 3 heterocycles. The molecule has 3 unspecified atom stereocenters. The van der Waals surface area contributed by atoms with Crippen LogP contribution in [0.2, 0.25) is 0 Å². The summed E-state index contributed by atoms with van der Waals surface area (Å²) in [6.45, 7) is 9.95. The number of likely N-dealkylation sites (tertiary alicyclic amines) is 1. The van der Waals surface area contributed by atoms with Gasteiger partial charge in [0.1, 0.15) is 11.6 Å². The average Bonchev–Trinajstić information content (AvgIpc) is 3.30. The molecule has 9 heteroatoms. The van der Waals surface area contributed by atoms with Crippen molar-refractivity contribution in [1.82, 2.24) is 15.5 Å². The number of carbonyl (C=O) groups excluding carboxylic acids is 3. The monoisotopic (exact) mass is 501 g/mol. The molecule has 0 aromatic rings. The van der Waals surface area contributed by atoms with E-state index in [0.29, 0.717) is 13.0 Å². The highest BCUT2D eigenvalue weighted by Gasteiger charge is 2.77. The average molecular weight is 502 g/mol. The molecule has 0 radical (unpaired) electrons. The molecule has 3 saturated heterocycles. The van der Waals surface area contributed by atoms with Crippen molar-refractivity contribution in [1.29, 1.82) is 0 Å². The van der Waals surface area contributed by atoms with Gasteiger partial charge in [0.15, 0.2) is 0 Å². The van der Waals surface area contributed by atoms with Crippen molar-refractivity contribution in [2.24, 2.45) is 17.8 Å². The van der Waals surface area contributed by atoms with Crippen LogP contribution < -0.4 is 10.6 Å². The Morgan fingerprint density at radius 1 is 1.29 bits per heavy atom. The zero-order valence-electron chi connectivity index (χ0n) is 19.1. The predicted molar refractivity (Wildman–Crippen MR) is 119 cm³/mol. The first kappa shape index (κ1) is 24.5. The molecule has 0 aromatic heterocycles. The van der Waals surface area contributed by atoms with Gasteiger partial charge in [0.2, 0.25) is 17.7 Å². The molecule has 8 nitrogen and oxygen atoms in total. The highest BCUT2D eigenvalue weighted by Crippen LogP contribution is 2.60. The van der Waals surface area contributed by atoms with E-state index in [9.17, 15) is 19.5 Å². The van der Waals surface area contributed by atoms with Gasteiger partial charge in [-0.15, -0.1) is 0 Å². The minimum Gasteiger partial charge on any atom is -0.394 e. The molecule has 31 heavy (non-hydrogen) atoms. The van der Waals surface area contributed by atoms with Gasteiger partial charge in [-0.2, -0.15) is 0 Å². The number of nitrogens with one attached hydrogen (secondary N) is 2. The number of aliphatic hydroxyl groups is 1. The Morgan fingerprint density at radius 2 is 1.97 bits per heavy atom. The second-order valence-corrected chi connectivity index (χ2v) is 10.7. The number of rotatable bonds is 9. The Morgan fingerprint density at radius 3 is 2.52 bits per heavy atom. The molecule has 3 rings (SSSR count). The number of ether oxygens (including phenoxy) is 1. The lowest BCUT2D eigenvalue weighted by molar-refractivity contribution is -0.147. The second-order valence-electron chi connectivity index (χ2n) is 9.50. The molecule has 0 saturated carbocycles. The molecule has 1 spiro atoms. The number of hydrogen-bond donors (Lipinski definition) is 3. The Balaban J connectivity index is 2.07. The molecular weight excluding hydrogens is 466 g/mol. The smallest absolute Gasteiger partial charge is 0.246 e. The largest absolute Gasteiger partial charge is 0.394 e. The fraction of sp³-hybridized carbons (Fsp3) is 0.864. The summed E-state index contributed by atoms with van der Waals surface area (Å²) in [5.74, 6) is -2.16. The topological polar surface area (TPSA) is 108 Å². The van der Waals surface area contributed by atoms with Gasteiger partial charge in [-0.3, -0.25) is 14.4 Å². The van der Waals surface area contributed by atoms with Crippen molar-refractivity contribution >= 4 is 33.7 Å². The summed E-state index contributed by atoms with van der Waals surface area (Å²) >= 11 is 3.65. The third-order valence-electron chi connectivity index (χ3n) is 7.10. The van der Waals surface area contributed by atoms with E-state index in [1.54, 1.807) is 0 Å². The van der Waals surface area contributed by atoms with Crippen LogP contribution in [0, 0.1) is 17.8 Å². The summed E-state index contributed by atoms with van der Waals surface area (Å²) in [6.07, 6.45) is 1.54. The molecular formula is C22H36BrN3O5. The third kappa shape index (κ3) is 3.91. The van der Waals surface area contributed by atoms with Gasteiger partial charge in [-0.25, -0.2) is 0 Å². The van der Waals surface area contributed by atoms with E-state index in [-0.39, 0.29) is 41.1 Å². The van der Waals surface area contributed by atoms with Gasteiger partial charge in [-0.1, -0.05) is 43.1 Å². The molecule has 3 aliphatic heterocycles. The third-order valence-corrected chi connectivity index (χ3v) is 7.95. The van der Waals surface area contributed by atoms with E-state index in [1.807, 2.05) is 34.6 Å². The highest BCUT2D eigenvalue weighted by atomic mass is 79.9. The highest BCUT2D eigenvalue weighted by molar-refractivity contribution is 9.09. The minimum atomic E-state index is -1.08. The molecule has 8 atom stereocenters. The Labute approximate surface area is 193 Å². The van der Waals surface area contributed by atoms with Crippen LogP contribution in [-0.2, 0) is 19.1 Å². The van der Waals surface area contributed by atoms with E-state index in [1.165, 1.54) is 4.90 Å². The SMILES string of the molecule is CCCNC(=O)[C@H]1[C@H]2C(=O)N([C@@H](CO)[C@@H](C)CC)C(C(=O)NC(C)C)C23CC(Br)[C@@H]1O3. The van der Waals surface area contributed by atoms with Crippen molar-refractivity contribution in [3.8, 4) is 0 Å². The second kappa shape index (κ2) is 9.35. The number of nitrogens with zero attached hydrogens (tertiary/aromatic N) is 1. The van der Waals surface area contributed by atoms with Crippen molar-refractivity contribution in [3.63, 3.8) is 0 Å². The van der Waals surface area contributed by atoms with Crippen LogP contribution in [0.15, 0.2) is 0 Å². The van der Waals surface area contributed by atoms with Crippen LogP contribution in [0.4, 0.5) is 0 Å². The first-order valence-electron chi connectivity index (χ1n) is 11.5. The van der Waals surface area contributed by atoms with Gasteiger partial charge in [0.05, 0.1) is 30.6 Å². The minimum absolute atomic E-state index is 0.0112. The van der Waals surface area contributed by atoms with Crippen LogP contribution in [-0.4, -0.2) is 75.5 Å². The van der Waals surface area contributed by atoms with Crippen molar-refractivity contribution in [3.05, 3.63) is 0 Å².